The number of carbonyl (C=O) groups is 2. The quantitative estimate of drug-likeness (QED) is 0.111. The highest BCUT2D eigenvalue weighted by Crippen LogP contribution is 2.64. The van der Waals surface area contributed by atoms with E-state index in [0.717, 1.165) is 37.7 Å². The predicted molar refractivity (Wildman–Crippen MR) is 135 cm³/mol. The highest BCUT2D eigenvalue weighted by molar-refractivity contribution is 5.86. The first kappa shape index (κ1) is 27.9. The summed E-state index contributed by atoms with van der Waals surface area (Å²) in [5.74, 6) is 0.0489. The number of fused-ring (bicyclic) bond motifs is 2. The van der Waals surface area contributed by atoms with Crippen molar-refractivity contribution in [2.75, 3.05) is 6.61 Å². The molecule has 3 aliphatic rings. The Kier molecular flexibility index (Phi) is 8.67. The van der Waals surface area contributed by atoms with Crippen LogP contribution >= 0.6 is 0 Å². The second kappa shape index (κ2) is 11.2. The van der Waals surface area contributed by atoms with Crippen LogP contribution in [0.4, 0.5) is 0 Å². The fourth-order valence-electron chi connectivity index (χ4n) is 6.12. The third-order valence-corrected chi connectivity index (χ3v) is 8.51. The van der Waals surface area contributed by atoms with Gasteiger partial charge in [-0.3, -0.25) is 9.59 Å². The van der Waals surface area contributed by atoms with Crippen molar-refractivity contribution in [2.24, 2.45) is 17.3 Å². The highest BCUT2D eigenvalue weighted by Gasteiger charge is 2.59. The van der Waals surface area contributed by atoms with Crippen molar-refractivity contribution in [1.82, 2.24) is 0 Å². The summed E-state index contributed by atoms with van der Waals surface area (Å²) in [5, 5.41) is 20.8. The first-order chi connectivity index (χ1) is 16.9. The van der Waals surface area contributed by atoms with Crippen LogP contribution < -0.4 is 4.74 Å². The molecule has 1 aromatic rings. The van der Waals surface area contributed by atoms with E-state index >= 15 is 0 Å². The molecule has 4 rings (SSSR count). The number of unbranched alkanes of at least 4 members (excludes halogenated alkanes) is 3. The van der Waals surface area contributed by atoms with Gasteiger partial charge in [0.05, 0.1) is 6.61 Å². The van der Waals surface area contributed by atoms with E-state index in [1.54, 1.807) is 6.07 Å². The average Bonchev–Trinajstić information content (AvgIpc) is 2.78. The van der Waals surface area contributed by atoms with Crippen molar-refractivity contribution in [3.8, 4) is 11.5 Å². The summed E-state index contributed by atoms with van der Waals surface area (Å²) < 4.78 is 5.80. The van der Waals surface area contributed by atoms with Crippen LogP contribution in [0.25, 0.3) is 0 Å². The van der Waals surface area contributed by atoms with Gasteiger partial charge in [-0.25, -0.2) is 0 Å². The number of esters is 1. The molecule has 0 saturated heterocycles. The Morgan fingerprint density at radius 1 is 1.22 bits per heavy atom. The van der Waals surface area contributed by atoms with Crippen molar-refractivity contribution >= 4 is 11.8 Å². The molecule has 1 aromatic carbocycles. The fraction of sp³-hybridized carbons (Fsp3) is 0.714. The SMILES string of the molecule is CCCCCCC(C)(C)c1cc(O)c([C@H]2CC(=O)[C@H]3C[C@@H]2C3(C)C)c(OC(=O)CCCO[N+](=O)[O-])c1. The Morgan fingerprint density at radius 3 is 2.56 bits per heavy atom. The number of hydrogen-bond donors (Lipinski definition) is 1. The minimum absolute atomic E-state index is 0.0508. The van der Waals surface area contributed by atoms with Crippen LogP contribution in [0.1, 0.15) is 109 Å². The van der Waals surface area contributed by atoms with Gasteiger partial charge in [-0.1, -0.05) is 60.3 Å². The van der Waals surface area contributed by atoms with E-state index in [9.17, 15) is 24.8 Å². The van der Waals surface area contributed by atoms with Crippen molar-refractivity contribution in [2.45, 2.75) is 104 Å². The third kappa shape index (κ3) is 6.01. The van der Waals surface area contributed by atoms with Crippen LogP contribution in [-0.2, 0) is 19.8 Å². The monoisotopic (exact) mass is 503 g/mol. The number of phenolic OH excluding ortho intramolecular Hbond substituents is 1. The van der Waals surface area contributed by atoms with Crippen LogP contribution in [0.2, 0.25) is 0 Å². The molecule has 0 aromatic heterocycles. The number of nitrogens with zero attached hydrogens (tertiary/aromatic N) is 1. The molecule has 0 heterocycles. The lowest BCUT2D eigenvalue weighted by Crippen LogP contribution is -2.56. The molecular formula is C28H41NO7. The summed E-state index contributed by atoms with van der Waals surface area (Å²) in [5.41, 5.74) is 1.01. The largest absolute Gasteiger partial charge is 0.508 e. The van der Waals surface area contributed by atoms with Crippen LogP contribution in [0.15, 0.2) is 12.1 Å². The number of hydrogen-bond acceptors (Lipinski definition) is 7. The number of Topliss-reactive ketones (excluding diaryl/α,β-unsaturated/α-hetero) is 1. The van der Waals surface area contributed by atoms with E-state index in [4.69, 9.17) is 4.74 Å². The topological polar surface area (TPSA) is 116 Å². The predicted octanol–water partition coefficient (Wildman–Crippen LogP) is 6.25. The van der Waals surface area contributed by atoms with Crippen LogP contribution in [0, 0.1) is 27.4 Å². The Bertz CT molecular complexity index is 984. The first-order valence-electron chi connectivity index (χ1n) is 13.3. The lowest BCUT2D eigenvalue weighted by atomic mass is 9.44. The summed E-state index contributed by atoms with van der Waals surface area (Å²) >= 11 is 0. The smallest absolute Gasteiger partial charge is 0.311 e. The summed E-state index contributed by atoms with van der Waals surface area (Å²) in [7, 11) is 0. The number of benzene rings is 1. The van der Waals surface area contributed by atoms with Crippen molar-refractivity contribution in [3.05, 3.63) is 33.4 Å². The van der Waals surface area contributed by atoms with Crippen LogP contribution in [0.3, 0.4) is 0 Å². The molecule has 0 aliphatic heterocycles. The molecule has 8 heteroatoms. The van der Waals surface area contributed by atoms with Gasteiger partial charge in [0.25, 0.3) is 5.09 Å². The van der Waals surface area contributed by atoms with Gasteiger partial charge in [-0.05, 0) is 53.7 Å². The lowest BCUT2D eigenvalue weighted by molar-refractivity contribution is -0.757. The Labute approximate surface area is 213 Å². The van der Waals surface area contributed by atoms with E-state index in [0.29, 0.717) is 17.7 Å². The lowest BCUT2D eigenvalue weighted by Gasteiger charge is -2.59. The summed E-state index contributed by atoms with van der Waals surface area (Å²) in [6.45, 7) is 10.4. The number of phenols is 1. The molecule has 200 valence electrons. The number of ketones is 1. The fourth-order valence-corrected chi connectivity index (χ4v) is 6.12. The normalized spacial score (nSPS) is 22.6. The van der Waals surface area contributed by atoms with Gasteiger partial charge in [0.1, 0.15) is 17.3 Å². The summed E-state index contributed by atoms with van der Waals surface area (Å²) in [4.78, 5) is 40.2. The second-order valence-corrected chi connectivity index (χ2v) is 11.7. The maximum absolute atomic E-state index is 12.8. The Balaban J connectivity index is 1.90. The molecule has 8 nitrogen and oxygen atoms in total. The van der Waals surface area contributed by atoms with Gasteiger partial charge in [-0.15, -0.1) is 10.1 Å². The molecule has 0 spiro atoms. The molecule has 36 heavy (non-hydrogen) atoms. The molecule has 0 amide bonds. The molecule has 3 saturated carbocycles. The standard InChI is InChI=1S/C28H41NO7/c1-6-7-8-9-12-27(2,3)18-14-23(31)26(19-16-22(30)21-17-20(19)28(21,4)5)24(15-18)36-25(32)11-10-13-35-29(33)34/h14-15,19-21,31H,6-13,16-17H2,1-5H3/t19-,20-,21+/m0/s1. The van der Waals surface area contributed by atoms with E-state index in [2.05, 4.69) is 39.5 Å². The van der Waals surface area contributed by atoms with Gasteiger partial charge in [0.2, 0.25) is 0 Å². The molecule has 1 N–H and O–H groups in total. The van der Waals surface area contributed by atoms with E-state index in [1.165, 1.54) is 6.42 Å². The van der Waals surface area contributed by atoms with Crippen molar-refractivity contribution in [3.63, 3.8) is 0 Å². The van der Waals surface area contributed by atoms with E-state index in [-0.39, 0.29) is 59.6 Å². The maximum atomic E-state index is 12.8. The second-order valence-electron chi connectivity index (χ2n) is 11.7. The zero-order valence-electron chi connectivity index (χ0n) is 22.3. The minimum atomic E-state index is -0.888. The summed E-state index contributed by atoms with van der Waals surface area (Å²) in [6, 6.07) is 3.63. The van der Waals surface area contributed by atoms with Gasteiger partial charge < -0.3 is 14.7 Å². The number of aromatic hydroxyl groups is 1. The van der Waals surface area contributed by atoms with Gasteiger partial charge >= 0.3 is 5.97 Å². The maximum Gasteiger partial charge on any atom is 0.311 e. The number of carbonyl (C=O) groups excluding carboxylic acids is 2. The Hall–Kier alpha value is -2.64. The van der Waals surface area contributed by atoms with Crippen LogP contribution in [0.5, 0.6) is 11.5 Å². The zero-order chi connectivity index (χ0) is 26.7. The van der Waals surface area contributed by atoms with Crippen LogP contribution in [-0.4, -0.2) is 28.6 Å². The minimum Gasteiger partial charge on any atom is -0.508 e. The molecule has 2 bridgehead atoms. The molecule has 3 fully saturated rings. The Morgan fingerprint density at radius 2 is 1.94 bits per heavy atom. The van der Waals surface area contributed by atoms with Crippen molar-refractivity contribution in [1.29, 1.82) is 0 Å². The zero-order valence-corrected chi connectivity index (χ0v) is 22.3. The highest BCUT2D eigenvalue weighted by atomic mass is 16.9. The average molecular weight is 504 g/mol. The molecular weight excluding hydrogens is 462 g/mol. The van der Waals surface area contributed by atoms with E-state index < -0.39 is 11.1 Å². The van der Waals surface area contributed by atoms with Crippen molar-refractivity contribution < 1.29 is 29.4 Å². The summed E-state index contributed by atoms with van der Waals surface area (Å²) in [6.07, 6.45) is 6.65. The first-order valence-corrected chi connectivity index (χ1v) is 13.3. The molecule has 0 unspecified atom stereocenters. The molecule has 0 radical (unpaired) electrons. The number of rotatable bonds is 13. The molecule has 3 atom stereocenters. The third-order valence-electron chi connectivity index (χ3n) is 8.51. The van der Waals surface area contributed by atoms with Gasteiger partial charge in [0.15, 0.2) is 0 Å². The van der Waals surface area contributed by atoms with Gasteiger partial charge in [0, 0.05) is 30.2 Å². The van der Waals surface area contributed by atoms with Gasteiger partial charge in [-0.2, -0.15) is 0 Å². The van der Waals surface area contributed by atoms with E-state index in [1.807, 2.05) is 6.07 Å². The molecule has 3 aliphatic carbocycles. The number of ether oxygens (including phenoxy) is 1.